The molecule has 1 aliphatic carbocycles. The summed E-state index contributed by atoms with van der Waals surface area (Å²) in [6.07, 6.45) is 4.81. The number of carbonyl (C=O) groups excluding carboxylic acids is 1. The Kier molecular flexibility index (Phi) is 6.08. The van der Waals surface area contributed by atoms with Crippen LogP contribution in [0.5, 0.6) is 0 Å². The first kappa shape index (κ1) is 16.8. The van der Waals surface area contributed by atoms with Crippen LogP contribution in [0.1, 0.15) is 33.1 Å². The number of nitrogens with zero attached hydrogens (tertiary/aromatic N) is 1. The highest BCUT2D eigenvalue weighted by atomic mass is 79.9. The molecule has 4 nitrogen and oxygen atoms in total. The smallest absolute Gasteiger partial charge is 0.326 e. The summed E-state index contributed by atoms with van der Waals surface area (Å²) < 4.78 is 6.19. The van der Waals surface area contributed by atoms with Crippen molar-refractivity contribution in [2.75, 3.05) is 12.4 Å². The summed E-state index contributed by atoms with van der Waals surface area (Å²) in [5.41, 5.74) is -0.598. The summed E-state index contributed by atoms with van der Waals surface area (Å²) in [6.45, 7) is 4.21. The van der Waals surface area contributed by atoms with Crippen LogP contribution in [0.15, 0.2) is 27.8 Å². The third-order valence-electron chi connectivity index (χ3n) is 3.38. The predicted molar refractivity (Wildman–Crippen MR) is 88.5 cm³/mol. The first-order chi connectivity index (χ1) is 10.0. The zero-order valence-corrected chi connectivity index (χ0v) is 14.8. The Morgan fingerprint density at radius 3 is 2.90 bits per heavy atom. The van der Waals surface area contributed by atoms with Crippen LogP contribution in [0.4, 0.5) is 0 Å². The SMILES string of the molecule is CCOC(=O)C(C)(CCSc1ccc(Br)cn1)NC1CC1. The topological polar surface area (TPSA) is 51.2 Å². The molecule has 1 fully saturated rings. The summed E-state index contributed by atoms with van der Waals surface area (Å²) in [6, 6.07) is 4.42. The Bertz CT molecular complexity index is 479. The maximum atomic E-state index is 12.2. The molecule has 1 heterocycles. The van der Waals surface area contributed by atoms with Crippen LogP contribution in [0.25, 0.3) is 0 Å². The van der Waals surface area contributed by atoms with E-state index in [-0.39, 0.29) is 5.97 Å². The standard InChI is InChI=1S/C15H21BrN2O2S/c1-3-20-14(19)15(2,18-12-5-6-12)8-9-21-13-7-4-11(16)10-17-13/h4,7,10,12,18H,3,5-6,8-9H2,1-2H3. The van der Waals surface area contributed by atoms with E-state index in [0.29, 0.717) is 12.6 Å². The lowest BCUT2D eigenvalue weighted by molar-refractivity contribution is -0.150. The molecule has 1 unspecified atom stereocenters. The van der Waals surface area contributed by atoms with E-state index >= 15 is 0 Å². The van der Waals surface area contributed by atoms with Crippen molar-refractivity contribution >= 4 is 33.7 Å². The van der Waals surface area contributed by atoms with Gasteiger partial charge in [0.2, 0.25) is 0 Å². The van der Waals surface area contributed by atoms with Crippen LogP contribution < -0.4 is 5.32 Å². The Balaban J connectivity index is 1.88. The molecule has 1 atom stereocenters. The number of thioether (sulfide) groups is 1. The fraction of sp³-hybridized carbons (Fsp3) is 0.600. The summed E-state index contributed by atoms with van der Waals surface area (Å²) in [5, 5.41) is 4.40. The molecule has 6 heteroatoms. The molecule has 1 aromatic heterocycles. The van der Waals surface area contributed by atoms with E-state index in [1.807, 2.05) is 26.0 Å². The lowest BCUT2D eigenvalue weighted by Crippen LogP contribution is -2.51. The maximum Gasteiger partial charge on any atom is 0.326 e. The molecule has 0 amide bonds. The second-order valence-electron chi connectivity index (χ2n) is 5.38. The molecule has 0 saturated heterocycles. The van der Waals surface area contributed by atoms with E-state index in [4.69, 9.17) is 4.74 Å². The fourth-order valence-electron chi connectivity index (χ4n) is 2.01. The fourth-order valence-corrected chi connectivity index (χ4v) is 3.25. The minimum absolute atomic E-state index is 0.152. The number of hydrogen-bond donors (Lipinski definition) is 1. The minimum Gasteiger partial charge on any atom is -0.465 e. The molecule has 0 spiro atoms. The molecule has 116 valence electrons. The summed E-state index contributed by atoms with van der Waals surface area (Å²) >= 11 is 5.03. The number of rotatable bonds is 8. The van der Waals surface area contributed by atoms with Crippen LogP contribution in [0, 0.1) is 0 Å². The molecular weight excluding hydrogens is 352 g/mol. The number of pyridine rings is 1. The minimum atomic E-state index is -0.598. The van der Waals surface area contributed by atoms with Gasteiger partial charge in [-0.2, -0.15) is 0 Å². The third-order valence-corrected chi connectivity index (χ3v) is 4.79. The van der Waals surface area contributed by atoms with Gasteiger partial charge in [0.25, 0.3) is 0 Å². The van der Waals surface area contributed by atoms with Crippen LogP contribution in [-0.4, -0.2) is 34.9 Å². The number of esters is 1. The Hall–Kier alpha value is -0.590. The van der Waals surface area contributed by atoms with E-state index in [0.717, 1.165) is 34.5 Å². The van der Waals surface area contributed by atoms with Crippen molar-refractivity contribution in [1.82, 2.24) is 10.3 Å². The number of carbonyl (C=O) groups is 1. The van der Waals surface area contributed by atoms with Gasteiger partial charge >= 0.3 is 5.97 Å². The second-order valence-corrected chi connectivity index (χ2v) is 7.42. The molecule has 0 aliphatic heterocycles. The highest BCUT2D eigenvalue weighted by molar-refractivity contribution is 9.10. The number of hydrogen-bond acceptors (Lipinski definition) is 5. The van der Waals surface area contributed by atoms with Gasteiger partial charge in [0, 0.05) is 22.5 Å². The van der Waals surface area contributed by atoms with Gasteiger partial charge in [-0.05, 0) is 61.2 Å². The van der Waals surface area contributed by atoms with Crippen molar-refractivity contribution in [2.24, 2.45) is 0 Å². The Morgan fingerprint density at radius 1 is 1.57 bits per heavy atom. The molecule has 1 aliphatic rings. The number of nitrogens with one attached hydrogen (secondary N) is 1. The van der Waals surface area contributed by atoms with E-state index < -0.39 is 5.54 Å². The lowest BCUT2D eigenvalue weighted by atomic mass is 9.99. The van der Waals surface area contributed by atoms with Gasteiger partial charge in [-0.15, -0.1) is 11.8 Å². The largest absolute Gasteiger partial charge is 0.465 e. The van der Waals surface area contributed by atoms with Crippen LogP contribution >= 0.6 is 27.7 Å². The van der Waals surface area contributed by atoms with Crippen LogP contribution in [0.2, 0.25) is 0 Å². The molecular formula is C15H21BrN2O2S. The number of halogens is 1. The van der Waals surface area contributed by atoms with Crippen molar-refractivity contribution in [1.29, 1.82) is 0 Å². The van der Waals surface area contributed by atoms with Gasteiger partial charge in [-0.25, -0.2) is 4.98 Å². The first-order valence-corrected chi connectivity index (χ1v) is 9.00. The molecule has 21 heavy (non-hydrogen) atoms. The zero-order chi connectivity index (χ0) is 15.3. The summed E-state index contributed by atoms with van der Waals surface area (Å²) in [5.74, 6) is 0.671. The first-order valence-electron chi connectivity index (χ1n) is 7.23. The molecule has 0 radical (unpaired) electrons. The van der Waals surface area contributed by atoms with Crippen molar-refractivity contribution < 1.29 is 9.53 Å². The van der Waals surface area contributed by atoms with Crippen LogP contribution in [0.3, 0.4) is 0 Å². The highest BCUT2D eigenvalue weighted by Gasteiger charge is 2.39. The highest BCUT2D eigenvalue weighted by Crippen LogP contribution is 2.27. The van der Waals surface area contributed by atoms with Crippen molar-refractivity contribution in [2.45, 2.75) is 49.7 Å². The zero-order valence-electron chi connectivity index (χ0n) is 12.4. The number of ether oxygens (including phenoxy) is 1. The monoisotopic (exact) mass is 372 g/mol. The van der Waals surface area contributed by atoms with Crippen molar-refractivity contribution in [3.63, 3.8) is 0 Å². The van der Waals surface area contributed by atoms with Crippen molar-refractivity contribution in [3.05, 3.63) is 22.8 Å². The van der Waals surface area contributed by atoms with Gasteiger partial charge in [-0.1, -0.05) is 0 Å². The second kappa shape index (κ2) is 7.61. The molecule has 0 bridgehead atoms. The van der Waals surface area contributed by atoms with E-state index in [1.54, 1.807) is 18.0 Å². The van der Waals surface area contributed by atoms with Gasteiger partial charge in [0.15, 0.2) is 0 Å². The number of aromatic nitrogens is 1. The average molecular weight is 373 g/mol. The lowest BCUT2D eigenvalue weighted by Gasteiger charge is -2.28. The van der Waals surface area contributed by atoms with Gasteiger partial charge in [0.1, 0.15) is 5.54 Å². The van der Waals surface area contributed by atoms with Gasteiger partial charge in [-0.3, -0.25) is 10.1 Å². The molecule has 1 N–H and O–H groups in total. The van der Waals surface area contributed by atoms with Crippen molar-refractivity contribution in [3.8, 4) is 0 Å². The van der Waals surface area contributed by atoms with Gasteiger partial charge in [0.05, 0.1) is 11.6 Å². The van der Waals surface area contributed by atoms with E-state index in [1.165, 1.54) is 0 Å². The summed E-state index contributed by atoms with van der Waals surface area (Å²) in [7, 11) is 0. The normalized spacial score (nSPS) is 17.3. The quantitative estimate of drug-likeness (QED) is 0.559. The Labute approximate surface area is 138 Å². The average Bonchev–Trinajstić information content (AvgIpc) is 3.25. The van der Waals surface area contributed by atoms with Crippen LogP contribution in [-0.2, 0) is 9.53 Å². The molecule has 0 aromatic carbocycles. The predicted octanol–water partition coefficient (Wildman–Crippen LogP) is 3.40. The maximum absolute atomic E-state index is 12.2. The van der Waals surface area contributed by atoms with E-state index in [2.05, 4.69) is 26.2 Å². The van der Waals surface area contributed by atoms with Gasteiger partial charge < -0.3 is 4.74 Å². The summed E-state index contributed by atoms with van der Waals surface area (Å²) in [4.78, 5) is 16.5. The molecule has 1 aromatic rings. The molecule has 2 rings (SSSR count). The van der Waals surface area contributed by atoms with E-state index in [9.17, 15) is 4.79 Å². The molecule has 1 saturated carbocycles. The Morgan fingerprint density at radius 2 is 2.33 bits per heavy atom. The third kappa shape index (κ3) is 5.27.